The van der Waals surface area contributed by atoms with E-state index in [0.717, 1.165) is 23.4 Å². The number of carbonyl (C=O) groups excluding carboxylic acids is 2. The van der Waals surface area contributed by atoms with E-state index in [4.69, 9.17) is 0 Å². The zero-order valence-electron chi connectivity index (χ0n) is 15.1. The van der Waals surface area contributed by atoms with Crippen molar-refractivity contribution < 1.29 is 9.59 Å². The van der Waals surface area contributed by atoms with Gasteiger partial charge in [-0.3, -0.25) is 9.59 Å². The number of para-hydroxylation sites is 2. The molecule has 5 nitrogen and oxygen atoms in total. The molecule has 0 saturated carbocycles. The quantitative estimate of drug-likeness (QED) is 0.658. The van der Waals surface area contributed by atoms with Gasteiger partial charge >= 0.3 is 0 Å². The molecule has 1 N–H and O–H groups in total. The van der Waals surface area contributed by atoms with Gasteiger partial charge in [-0.25, -0.2) is 4.98 Å². The van der Waals surface area contributed by atoms with Crippen LogP contribution in [-0.2, 0) is 11.3 Å². The Morgan fingerprint density at radius 1 is 1.04 bits per heavy atom. The van der Waals surface area contributed by atoms with E-state index >= 15 is 0 Å². The first-order valence-electron chi connectivity index (χ1n) is 8.93. The molecule has 0 fully saturated rings. The number of imidazole rings is 1. The van der Waals surface area contributed by atoms with Crippen LogP contribution in [0.5, 0.6) is 0 Å². The molecule has 0 radical (unpaired) electrons. The van der Waals surface area contributed by atoms with Gasteiger partial charge in [0.25, 0.3) is 0 Å². The minimum absolute atomic E-state index is 0.0193. The predicted molar refractivity (Wildman–Crippen MR) is 102 cm³/mol. The molecule has 1 heterocycles. The van der Waals surface area contributed by atoms with E-state index in [-0.39, 0.29) is 30.6 Å². The van der Waals surface area contributed by atoms with Gasteiger partial charge in [-0.1, -0.05) is 42.5 Å². The van der Waals surface area contributed by atoms with Crippen LogP contribution in [-0.4, -0.2) is 21.2 Å². The van der Waals surface area contributed by atoms with Crippen molar-refractivity contribution >= 4 is 22.7 Å². The number of rotatable bonds is 7. The highest BCUT2D eigenvalue weighted by Gasteiger charge is 2.18. The molecule has 26 heavy (non-hydrogen) atoms. The molecule has 0 aliphatic rings. The Hall–Kier alpha value is -2.95. The maximum Gasteiger partial charge on any atom is 0.221 e. The van der Waals surface area contributed by atoms with Crippen molar-refractivity contribution in [1.29, 1.82) is 0 Å². The number of carbonyl (C=O) groups is 2. The lowest BCUT2D eigenvalue weighted by atomic mass is 10.1. The Morgan fingerprint density at radius 3 is 2.46 bits per heavy atom. The highest BCUT2D eigenvalue weighted by atomic mass is 16.2. The Balaban J connectivity index is 1.63. The molecule has 3 rings (SSSR count). The number of benzene rings is 2. The molecule has 0 aliphatic heterocycles. The number of Topliss-reactive ketones (excluding diaryl/α,β-unsaturated/α-hetero) is 1. The molecule has 1 unspecified atom stereocenters. The van der Waals surface area contributed by atoms with Crippen LogP contribution in [0, 0.1) is 0 Å². The first kappa shape index (κ1) is 17.9. The van der Waals surface area contributed by atoms with Crippen molar-refractivity contribution in [1.82, 2.24) is 14.9 Å². The Labute approximate surface area is 153 Å². The smallest absolute Gasteiger partial charge is 0.221 e. The van der Waals surface area contributed by atoms with Crippen molar-refractivity contribution in [3.8, 4) is 0 Å². The molecule has 1 aromatic heterocycles. The van der Waals surface area contributed by atoms with E-state index in [1.54, 1.807) is 12.1 Å². The molecule has 0 saturated heterocycles. The Morgan fingerprint density at radius 2 is 1.73 bits per heavy atom. The van der Waals surface area contributed by atoms with Crippen molar-refractivity contribution in [2.75, 3.05) is 0 Å². The van der Waals surface area contributed by atoms with Gasteiger partial charge in [0.1, 0.15) is 5.82 Å². The lowest BCUT2D eigenvalue weighted by Crippen LogP contribution is -2.29. The van der Waals surface area contributed by atoms with Gasteiger partial charge in [0.15, 0.2) is 5.78 Å². The fraction of sp³-hybridized carbons (Fsp3) is 0.286. The van der Waals surface area contributed by atoms with Crippen LogP contribution in [0.3, 0.4) is 0 Å². The number of aryl methyl sites for hydroxylation is 1. The predicted octanol–water partition coefficient (Wildman–Crippen LogP) is 3.90. The Bertz CT molecular complexity index is 915. The maximum absolute atomic E-state index is 12.3. The minimum atomic E-state index is -0.221. The van der Waals surface area contributed by atoms with Crippen LogP contribution in [0.25, 0.3) is 11.0 Å². The lowest BCUT2D eigenvalue weighted by molar-refractivity contribution is -0.121. The molecular formula is C21H23N3O2. The number of fused-ring (bicyclic) bond motifs is 1. The summed E-state index contributed by atoms with van der Waals surface area (Å²) in [4.78, 5) is 29.1. The summed E-state index contributed by atoms with van der Waals surface area (Å²) in [5.74, 6) is 0.669. The van der Waals surface area contributed by atoms with E-state index in [2.05, 4.69) is 21.8 Å². The second-order valence-electron chi connectivity index (χ2n) is 6.28. The van der Waals surface area contributed by atoms with E-state index in [1.807, 2.05) is 49.4 Å². The van der Waals surface area contributed by atoms with Crippen LogP contribution in [0.15, 0.2) is 54.6 Å². The standard InChI is InChI=1S/C21H23N3O2/c1-3-24-18-12-8-7-11-17(18)23-21(24)15(2)22-20(26)14-13-19(25)16-9-5-4-6-10-16/h4-12,15H,3,13-14H2,1-2H3,(H,22,26). The van der Waals surface area contributed by atoms with E-state index in [0.29, 0.717) is 5.56 Å². The molecule has 3 aromatic rings. The summed E-state index contributed by atoms with van der Waals surface area (Å²) in [5, 5.41) is 2.96. The Kier molecular flexibility index (Phi) is 5.46. The molecule has 5 heteroatoms. The zero-order valence-corrected chi connectivity index (χ0v) is 15.1. The number of ketones is 1. The van der Waals surface area contributed by atoms with Gasteiger partial charge in [0, 0.05) is 24.9 Å². The zero-order chi connectivity index (χ0) is 18.5. The summed E-state index contributed by atoms with van der Waals surface area (Å²) in [7, 11) is 0. The normalized spacial score (nSPS) is 12.1. The summed E-state index contributed by atoms with van der Waals surface area (Å²) in [6.45, 7) is 4.76. The van der Waals surface area contributed by atoms with E-state index in [9.17, 15) is 9.59 Å². The fourth-order valence-corrected chi connectivity index (χ4v) is 3.13. The monoisotopic (exact) mass is 349 g/mol. The van der Waals surface area contributed by atoms with Crippen molar-refractivity contribution in [2.45, 2.75) is 39.3 Å². The first-order valence-corrected chi connectivity index (χ1v) is 8.93. The highest BCUT2D eigenvalue weighted by molar-refractivity contribution is 5.97. The third-order valence-corrected chi connectivity index (χ3v) is 4.44. The number of amides is 1. The average molecular weight is 349 g/mol. The topological polar surface area (TPSA) is 64.0 Å². The SMILES string of the molecule is CCn1c(C(C)NC(=O)CCC(=O)c2ccccc2)nc2ccccc21. The lowest BCUT2D eigenvalue weighted by Gasteiger charge is -2.15. The van der Waals surface area contributed by atoms with Gasteiger partial charge in [-0.2, -0.15) is 0 Å². The second-order valence-corrected chi connectivity index (χ2v) is 6.28. The van der Waals surface area contributed by atoms with Gasteiger partial charge in [0.2, 0.25) is 5.91 Å². The van der Waals surface area contributed by atoms with Gasteiger partial charge in [-0.15, -0.1) is 0 Å². The second kappa shape index (κ2) is 7.95. The van der Waals surface area contributed by atoms with Crippen LogP contribution in [0.4, 0.5) is 0 Å². The fourth-order valence-electron chi connectivity index (χ4n) is 3.13. The third kappa shape index (κ3) is 3.82. The van der Waals surface area contributed by atoms with Crippen LogP contribution < -0.4 is 5.32 Å². The van der Waals surface area contributed by atoms with E-state index < -0.39 is 0 Å². The molecule has 1 atom stereocenters. The van der Waals surface area contributed by atoms with Crippen LogP contribution in [0.2, 0.25) is 0 Å². The number of hydrogen-bond donors (Lipinski definition) is 1. The summed E-state index contributed by atoms with van der Waals surface area (Å²) in [6, 6.07) is 16.8. The number of nitrogens with one attached hydrogen (secondary N) is 1. The van der Waals surface area contributed by atoms with Crippen molar-refractivity contribution in [3.05, 3.63) is 66.0 Å². The first-order chi connectivity index (χ1) is 12.6. The van der Waals surface area contributed by atoms with Crippen molar-refractivity contribution in [2.24, 2.45) is 0 Å². The van der Waals surface area contributed by atoms with Crippen LogP contribution in [0.1, 0.15) is 48.9 Å². The highest BCUT2D eigenvalue weighted by Crippen LogP contribution is 2.20. The molecule has 134 valence electrons. The molecule has 0 aliphatic carbocycles. The molecule has 0 bridgehead atoms. The molecule has 0 spiro atoms. The minimum Gasteiger partial charge on any atom is -0.346 e. The number of nitrogens with zero attached hydrogens (tertiary/aromatic N) is 2. The number of hydrogen-bond acceptors (Lipinski definition) is 3. The van der Waals surface area contributed by atoms with Gasteiger partial charge in [-0.05, 0) is 26.0 Å². The molecular weight excluding hydrogens is 326 g/mol. The molecule has 2 aromatic carbocycles. The average Bonchev–Trinajstić information content (AvgIpc) is 3.05. The maximum atomic E-state index is 12.3. The molecule has 1 amide bonds. The van der Waals surface area contributed by atoms with Gasteiger partial charge < -0.3 is 9.88 Å². The third-order valence-electron chi connectivity index (χ3n) is 4.44. The van der Waals surface area contributed by atoms with Crippen molar-refractivity contribution in [3.63, 3.8) is 0 Å². The number of aromatic nitrogens is 2. The summed E-state index contributed by atoms with van der Waals surface area (Å²) in [6.07, 6.45) is 0.372. The summed E-state index contributed by atoms with van der Waals surface area (Å²) in [5.41, 5.74) is 2.62. The summed E-state index contributed by atoms with van der Waals surface area (Å²) >= 11 is 0. The van der Waals surface area contributed by atoms with Gasteiger partial charge in [0.05, 0.1) is 17.1 Å². The van der Waals surface area contributed by atoms with Crippen LogP contribution >= 0.6 is 0 Å². The summed E-state index contributed by atoms with van der Waals surface area (Å²) < 4.78 is 2.11. The largest absolute Gasteiger partial charge is 0.346 e. The van der Waals surface area contributed by atoms with E-state index in [1.165, 1.54) is 0 Å².